The molecule has 0 saturated carbocycles. The number of amides is 1. The van der Waals surface area contributed by atoms with E-state index in [1.165, 1.54) is 7.11 Å². The van der Waals surface area contributed by atoms with Gasteiger partial charge in [0.15, 0.2) is 6.10 Å². The molecule has 76 valence electrons. The molecule has 1 atom stereocenters. The molecule has 1 aromatic rings. The summed E-state index contributed by atoms with van der Waals surface area (Å²) >= 11 is 0. The summed E-state index contributed by atoms with van der Waals surface area (Å²) in [4.78, 5) is 11.4. The van der Waals surface area contributed by atoms with Gasteiger partial charge in [0.05, 0.1) is 0 Å². The van der Waals surface area contributed by atoms with E-state index >= 15 is 0 Å². The number of hydrogen-bond donors (Lipinski definition) is 2. The second-order valence-corrected chi connectivity index (χ2v) is 2.90. The number of nitrogens with one attached hydrogen (secondary N) is 1. The lowest BCUT2D eigenvalue weighted by Gasteiger charge is -2.13. The summed E-state index contributed by atoms with van der Waals surface area (Å²) in [5.74, 6) is -0.169. The van der Waals surface area contributed by atoms with Crippen LogP contribution in [0.4, 0.5) is 5.69 Å². The van der Waals surface area contributed by atoms with Crippen LogP contribution in [0.5, 0.6) is 0 Å². The Balaban J connectivity index is 2.89. The minimum Gasteiger partial charge on any atom is -0.399 e. The molecule has 0 radical (unpaired) electrons. The fraction of sp³-hybridized carbons (Fsp3) is 0.300. The number of carbonyl (C=O) groups excluding carboxylic acids is 1. The van der Waals surface area contributed by atoms with Crippen LogP contribution in [-0.4, -0.2) is 20.1 Å². The highest BCUT2D eigenvalue weighted by molar-refractivity contribution is 5.82. The SMILES string of the molecule is CNC(=O)C(OC)c1ccc(N)cc1. The first kappa shape index (κ1) is 10.5. The smallest absolute Gasteiger partial charge is 0.253 e. The lowest BCUT2D eigenvalue weighted by Crippen LogP contribution is -2.26. The van der Waals surface area contributed by atoms with E-state index in [-0.39, 0.29) is 5.91 Å². The topological polar surface area (TPSA) is 64.3 Å². The molecule has 0 aliphatic heterocycles. The predicted octanol–water partition coefficient (Wildman–Crippen LogP) is 0.702. The molecule has 0 aliphatic rings. The highest BCUT2D eigenvalue weighted by Crippen LogP contribution is 2.17. The Hall–Kier alpha value is -1.55. The van der Waals surface area contributed by atoms with Crippen molar-refractivity contribution in [2.24, 2.45) is 0 Å². The molecule has 1 aromatic carbocycles. The minimum absolute atomic E-state index is 0.169. The largest absolute Gasteiger partial charge is 0.399 e. The highest BCUT2D eigenvalue weighted by Gasteiger charge is 2.17. The molecular weight excluding hydrogens is 180 g/mol. The van der Waals surface area contributed by atoms with E-state index in [1.54, 1.807) is 31.3 Å². The molecule has 4 nitrogen and oxygen atoms in total. The second kappa shape index (κ2) is 4.62. The van der Waals surface area contributed by atoms with E-state index in [1.807, 2.05) is 0 Å². The molecule has 0 aliphatic carbocycles. The second-order valence-electron chi connectivity index (χ2n) is 2.90. The molecular formula is C10H14N2O2. The van der Waals surface area contributed by atoms with Gasteiger partial charge in [-0.1, -0.05) is 12.1 Å². The fourth-order valence-corrected chi connectivity index (χ4v) is 1.20. The van der Waals surface area contributed by atoms with Crippen molar-refractivity contribution < 1.29 is 9.53 Å². The van der Waals surface area contributed by atoms with Crippen molar-refractivity contribution in [3.05, 3.63) is 29.8 Å². The fourth-order valence-electron chi connectivity index (χ4n) is 1.20. The van der Waals surface area contributed by atoms with Gasteiger partial charge < -0.3 is 15.8 Å². The average Bonchev–Trinajstić information content (AvgIpc) is 2.21. The van der Waals surface area contributed by atoms with Crippen LogP contribution < -0.4 is 11.1 Å². The van der Waals surface area contributed by atoms with Crippen molar-refractivity contribution >= 4 is 11.6 Å². The lowest BCUT2D eigenvalue weighted by molar-refractivity contribution is -0.130. The first-order chi connectivity index (χ1) is 6.69. The van der Waals surface area contributed by atoms with Crippen LogP contribution in [-0.2, 0) is 9.53 Å². The van der Waals surface area contributed by atoms with Crippen LogP contribution in [0, 0.1) is 0 Å². The molecule has 1 unspecified atom stereocenters. The third-order valence-corrected chi connectivity index (χ3v) is 1.96. The highest BCUT2D eigenvalue weighted by atomic mass is 16.5. The Morgan fingerprint density at radius 1 is 1.43 bits per heavy atom. The average molecular weight is 194 g/mol. The Bertz CT molecular complexity index is 308. The number of ether oxygens (including phenoxy) is 1. The zero-order valence-corrected chi connectivity index (χ0v) is 8.28. The van der Waals surface area contributed by atoms with Gasteiger partial charge in [-0.15, -0.1) is 0 Å². The van der Waals surface area contributed by atoms with Gasteiger partial charge in [-0.25, -0.2) is 0 Å². The third kappa shape index (κ3) is 2.23. The van der Waals surface area contributed by atoms with Crippen molar-refractivity contribution in [1.29, 1.82) is 0 Å². The number of nitrogen functional groups attached to an aromatic ring is 1. The van der Waals surface area contributed by atoms with E-state index in [2.05, 4.69) is 5.32 Å². The van der Waals surface area contributed by atoms with Crippen molar-refractivity contribution in [1.82, 2.24) is 5.32 Å². The molecule has 0 aromatic heterocycles. The molecule has 0 heterocycles. The van der Waals surface area contributed by atoms with Crippen molar-refractivity contribution in [2.45, 2.75) is 6.10 Å². The molecule has 4 heteroatoms. The van der Waals surface area contributed by atoms with Crippen LogP contribution in [0.2, 0.25) is 0 Å². The summed E-state index contributed by atoms with van der Waals surface area (Å²) in [6, 6.07) is 7.03. The number of benzene rings is 1. The van der Waals surface area contributed by atoms with Gasteiger partial charge in [0.25, 0.3) is 5.91 Å². The Labute approximate surface area is 83.1 Å². The summed E-state index contributed by atoms with van der Waals surface area (Å²) in [7, 11) is 3.07. The van der Waals surface area contributed by atoms with E-state index in [0.717, 1.165) is 5.56 Å². The first-order valence-electron chi connectivity index (χ1n) is 4.29. The Morgan fingerprint density at radius 2 is 2.00 bits per heavy atom. The standard InChI is InChI=1S/C10H14N2O2/c1-12-10(13)9(14-2)7-3-5-8(11)6-4-7/h3-6,9H,11H2,1-2H3,(H,12,13). The number of methoxy groups -OCH3 is 1. The van der Waals surface area contributed by atoms with Crippen molar-refractivity contribution in [3.63, 3.8) is 0 Å². The van der Waals surface area contributed by atoms with Gasteiger partial charge >= 0.3 is 0 Å². The maximum atomic E-state index is 11.4. The summed E-state index contributed by atoms with van der Waals surface area (Å²) < 4.78 is 5.08. The van der Waals surface area contributed by atoms with Gasteiger partial charge in [0.1, 0.15) is 0 Å². The number of hydrogen-bond acceptors (Lipinski definition) is 3. The number of rotatable bonds is 3. The lowest BCUT2D eigenvalue weighted by atomic mass is 10.1. The van der Waals surface area contributed by atoms with Gasteiger partial charge in [-0.05, 0) is 17.7 Å². The van der Waals surface area contributed by atoms with Crippen molar-refractivity contribution in [3.8, 4) is 0 Å². The Kier molecular flexibility index (Phi) is 3.48. The van der Waals surface area contributed by atoms with Crippen LogP contribution in [0.25, 0.3) is 0 Å². The molecule has 0 bridgehead atoms. The molecule has 0 saturated heterocycles. The monoisotopic (exact) mass is 194 g/mol. The van der Waals surface area contributed by atoms with Gasteiger partial charge in [0, 0.05) is 19.8 Å². The minimum atomic E-state index is -0.569. The zero-order chi connectivity index (χ0) is 10.6. The quantitative estimate of drug-likeness (QED) is 0.696. The van der Waals surface area contributed by atoms with E-state index in [0.29, 0.717) is 5.69 Å². The third-order valence-electron chi connectivity index (χ3n) is 1.96. The summed E-state index contributed by atoms with van der Waals surface area (Å²) in [5, 5.41) is 2.53. The number of anilines is 1. The number of likely N-dealkylation sites (N-methyl/N-ethyl adjacent to an activating group) is 1. The van der Waals surface area contributed by atoms with Crippen molar-refractivity contribution in [2.75, 3.05) is 19.9 Å². The van der Waals surface area contributed by atoms with Crippen LogP contribution in [0.1, 0.15) is 11.7 Å². The summed E-state index contributed by atoms with van der Waals surface area (Å²) in [5.41, 5.74) is 7.00. The van der Waals surface area contributed by atoms with E-state index in [4.69, 9.17) is 10.5 Å². The normalized spacial score (nSPS) is 12.1. The van der Waals surface area contributed by atoms with Gasteiger partial charge in [-0.3, -0.25) is 4.79 Å². The Morgan fingerprint density at radius 3 is 2.43 bits per heavy atom. The maximum absolute atomic E-state index is 11.4. The molecule has 1 amide bonds. The molecule has 0 fully saturated rings. The van der Waals surface area contributed by atoms with Gasteiger partial charge in [-0.2, -0.15) is 0 Å². The number of carbonyl (C=O) groups is 1. The van der Waals surface area contributed by atoms with Crippen LogP contribution in [0.15, 0.2) is 24.3 Å². The van der Waals surface area contributed by atoms with Crippen LogP contribution >= 0.6 is 0 Å². The number of nitrogens with two attached hydrogens (primary N) is 1. The first-order valence-corrected chi connectivity index (χ1v) is 4.29. The van der Waals surface area contributed by atoms with Gasteiger partial charge in [0.2, 0.25) is 0 Å². The molecule has 0 spiro atoms. The van der Waals surface area contributed by atoms with E-state index in [9.17, 15) is 4.79 Å². The van der Waals surface area contributed by atoms with E-state index < -0.39 is 6.10 Å². The summed E-state index contributed by atoms with van der Waals surface area (Å²) in [6.07, 6.45) is -0.569. The van der Waals surface area contributed by atoms with Crippen LogP contribution in [0.3, 0.4) is 0 Å². The molecule has 3 N–H and O–H groups in total. The zero-order valence-electron chi connectivity index (χ0n) is 8.28. The predicted molar refractivity (Wildman–Crippen MR) is 54.7 cm³/mol. The molecule has 1 rings (SSSR count). The molecule has 14 heavy (non-hydrogen) atoms. The maximum Gasteiger partial charge on any atom is 0.253 e. The summed E-state index contributed by atoms with van der Waals surface area (Å²) in [6.45, 7) is 0.